The summed E-state index contributed by atoms with van der Waals surface area (Å²) in [6, 6.07) is 30.5. The van der Waals surface area contributed by atoms with Gasteiger partial charge in [0.05, 0.1) is 12.7 Å². The molecule has 2 heterocycles. The Balaban J connectivity index is 1.68. The van der Waals surface area contributed by atoms with Gasteiger partial charge in [0.15, 0.2) is 0 Å². The number of hydrogen-bond donors (Lipinski definition) is 0. The summed E-state index contributed by atoms with van der Waals surface area (Å²) < 4.78 is 2.83. The van der Waals surface area contributed by atoms with E-state index in [0.29, 0.717) is 16.8 Å². The van der Waals surface area contributed by atoms with Crippen molar-refractivity contribution in [1.29, 1.82) is 0 Å². The lowest BCUT2D eigenvalue weighted by Crippen LogP contribution is -2.25. The highest BCUT2D eigenvalue weighted by molar-refractivity contribution is 7.87. The van der Waals surface area contributed by atoms with Crippen molar-refractivity contribution in [2.75, 3.05) is 0 Å². The fourth-order valence-corrected chi connectivity index (χ4v) is 7.76. The zero-order valence-corrected chi connectivity index (χ0v) is 21.3. The smallest absolute Gasteiger partial charge is 0.267 e. The minimum absolute atomic E-state index is 0.133. The van der Waals surface area contributed by atoms with Gasteiger partial charge in [-0.25, -0.2) is 4.52 Å². The lowest BCUT2D eigenvalue weighted by Gasteiger charge is -2.24. The summed E-state index contributed by atoms with van der Waals surface area (Å²) in [5.41, 5.74) is 1.80. The maximum Gasteiger partial charge on any atom is 0.277 e. The molecule has 36 heavy (non-hydrogen) atoms. The predicted molar refractivity (Wildman–Crippen MR) is 145 cm³/mol. The number of aryl methyl sites for hydroxylation is 1. The average Bonchev–Trinajstić information content (AvgIpc) is 3.31. The Bertz CT molecular complexity index is 1620. The van der Waals surface area contributed by atoms with Gasteiger partial charge in [0.2, 0.25) is 0 Å². The van der Waals surface area contributed by atoms with Crippen molar-refractivity contribution in [2.45, 2.75) is 27.3 Å². The molecule has 3 aromatic carbocycles. The van der Waals surface area contributed by atoms with Crippen LogP contribution in [0.25, 0.3) is 0 Å². The quantitative estimate of drug-likeness (QED) is 0.201. The highest BCUT2D eigenvalue weighted by atomic mass is 31.2. The van der Waals surface area contributed by atoms with Gasteiger partial charge in [0.25, 0.3) is 11.1 Å². The topological polar surface area (TPSA) is 80.0 Å². The maximum atomic E-state index is 12.7. The Hall–Kier alpha value is -4.09. The van der Waals surface area contributed by atoms with Crippen LogP contribution in [0, 0.1) is 20.8 Å². The summed E-state index contributed by atoms with van der Waals surface area (Å²) in [6.45, 7) is 5.41. The number of aromatic nitrogens is 2. The van der Waals surface area contributed by atoms with E-state index in [1.54, 1.807) is 18.4 Å². The largest absolute Gasteiger partial charge is 0.277 e. The monoisotopic (exact) mass is 495 g/mol. The molecule has 0 N–H and O–H groups in total. The number of benzene rings is 3. The van der Waals surface area contributed by atoms with E-state index >= 15 is 0 Å². The van der Waals surface area contributed by atoms with E-state index in [1.165, 1.54) is 4.52 Å². The highest BCUT2D eigenvalue weighted by Crippen LogP contribution is 2.46. The molecule has 5 rings (SSSR count). The van der Waals surface area contributed by atoms with Gasteiger partial charge >= 0.3 is 0 Å². The first kappa shape index (κ1) is 23.6. The zero-order valence-electron chi connectivity index (χ0n) is 20.4. The molecule has 0 spiro atoms. The molecule has 5 aromatic rings. The number of fused-ring (bicyclic) bond motifs is 1. The Morgan fingerprint density at radius 2 is 1.08 bits per heavy atom. The molecular weight excluding hydrogens is 469 g/mol. The van der Waals surface area contributed by atoms with Crippen LogP contribution in [0.1, 0.15) is 22.5 Å². The predicted octanol–water partition coefficient (Wildman–Crippen LogP) is 4.17. The second kappa shape index (κ2) is 9.51. The molecule has 0 aliphatic heterocycles. The van der Waals surface area contributed by atoms with Crippen LogP contribution in [0.3, 0.4) is 0 Å². The van der Waals surface area contributed by atoms with Crippen molar-refractivity contribution < 1.29 is 0 Å². The second-order valence-corrected chi connectivity index (χ2v) is 11.6. The van der Waals surface area contributed by atoms with Gasteiger partial charge in [-0.1, -0.05) is 91.0 Å². The highest BCUT2D eigenvalue weighted by Gasteiger charge is 2.27. The molecule has 0 atom stereocenters. The first-order valence-corrected chi connectivity index (χ1v) is 13.4. The van der Waals surface area contributed by atoms with Gasteiger partial charge in [0, 0.05) is 32.7 Å². The van der Waals surface area contributed by atoms with Crippen LogP contribution in [0.5, 0.6) is 0 Å². The van der Waals surface area contributed by atoms with Crippen LogP contribution in [0.15, 0.2) is 116 Å². The number of hydrogen-bond acceptors (Lipinski definition) is 3. The van der Waals surface area contributed by atoms with E-state index < -0.39 is 7.05 Å². The van der Waals surface area contributed by atoms with E-state index in [9.17, 15) is 9.59 Å². The minimum Gasteiger partial charge on any atom is -0.267 e. The van der Waals surface area contributed by atoms with Crippen LogP contribution in [-0.2, 0) is 6.54 Å². The molecule has 0 amide bonds. The summed E-state index contributed by atoms with van der Waals surface area (Å²) in [5, 5.41) is 12.0. The minimum atomic E-state index is -2.50. The Morgan fingerprint density at radius 1 is 0.639 bits per heavy atom. The summed E-state index contributed by atoms with van der Waals surface area (Å²) in [6.07, 6.45) is 0. The van der Waals surface area contributed by atoms with Gasteiger partial charge in [-0.3, -0.25) is 9.59 Å². The average molecular weight is 496 g/mol. The van der Waals surface area contributed by atoms with Gasteiger partial charge in [-0.15, -0.1) is 4.85 Å². The third-order valence-electron chi connectivity index (χ3n) is 6.62. The molecular formula is C28H26N5O2P. The van der Waals surface area contributed by atoms with Gasteiger partial charge in [-0.2, -0.15) is 9.63 Å². The molecule has 0 radical (unpaired) electrons. The maximum absolute atomic E-state index is 12.7. The van der Waals surface area contributed by atoms with E-state index in [2.05, 4.69) is 46.7 Å². The Labute approximate surface area is 208 Å². The van der Waals surface area contributed by atoms with E-state index in [1.807, 2.05) is 61.5 Å². The van der Waals surface area contributed by atoms with Crippen molar-refractivity contribution >= 4 is 23.0 Å². The van der Waals surface area contributed by atoms with Crippen LogP contribution in [-0.4, -0.2) is 9.03 Å². The SMILES string of the molecule is Cc1c(C)n2c(CN=NN=P(c3ccccc3)(c3ccccc3)c3ccccc3)c(C)c(=O)n2c1=O. The lowest BCUT2D eigenvalue weighted by molar-refractivity contribution is 0.732. The molecule has 180 valence electrons. The molecule has 0 unspecified atom stereocenters. The first-order chi connectivity index (χ1) is 17.5. The summed E-state index contributed by atoms with van der Waals surface area (Å²) >= 11 is 0. The van der Waals surface area contributed by atoms with Crippen LogP contribution in [0.2, 0.25) is 0 Å². The fraction of sp³-hybridized carbons (Fsp3) is 0.143. The molecule has 7 nitrogen and oxygen atoms in total. The summed E-state index contributed by atoms with van der Waals surface area (Å²) in [4.78, 5) is 30.2. The molecule has 0 saturated carbocycles. The number of nitrogens with zero attached hydrogens (tertiary/aromatic N) is 5. The molecule has 8 heteroatoms. The molecule has 0 aliphatic rings. The van der Waals surface area contributed by atoms with Crippen LogP contribution < -0.4 is 27.0 Å². The lowest BCUT2D eigenvalue weighted by atomic mass is 10.2. The number of rotatable bonds is 6. The van der Waals surface area contributed by atoms with Crippen molar-refractivity contribution in [3.63, 3.8) is 0 Å². The van der Waals surface area contributed by atoms with Crippen LogP contribution >= 0.6 is 7.05 Å². The van der Waals surface area contributed by atoms with Crippen molar-refractivity contribution in [3.8, 4) is 0 Å². The molecule has 0 aliphatic carbocycles. The fourth-order valence-electron chi connectivity index (χ4n) is 4.57. The molecule has 0 fully saturated rings. The van der Waals surface area contributed by atoms with E-state index in [4.69, 9.17) is 4.85 Å². The van der Waals surface area contributed by atoms with Gasteiger partial charge in [0.1, 0.15) is 6.54 Å². The summed E-state index contributed by atoms with van der Waals surface area (Å²) in [7, 11) is -2.50. The standard InChI is InChI=1S/C28H26N5O2P/c1-20-22(3)32-26(21(2)28(35)33(32)27(20)34)19-29-30-31-36(23-13-7-4-8-14-23,24-15-9-5-10-16-24)25-17-11-6-12-18-25/h4-18H,19H2,1-3H3. The van der Waals surface area contributed by atoms with E-state index in [-0.39, 0.29) is 17.7 Å². The van der Waals surface area contributed by atoms with Crippen molar-refractivity contribution in [3.05, 3.63) is 134 Å². The molecule has 0 bridgehead atoms. The normalized spacial score (nSPS) is 12.0. The third kappa shape index (κ3) is 3.73. The second-order valence-electron chi connectivity index (χ2n) is 8.64. The molecule has 2 aromatic heterocycles. The third-order valence-corrected chi connectivity index (χ3v) is 10.1. The van der Waals surface area contributed by atoms with Gasteiger partial charge in [-0.05, 0) is 26.0 Å². The van der Waals surface area contributed by atoms with Crippen molar-refractivity contribution in [2.24, 2.45) is 15.2 Å². The summed E-state index contributed by atoms with van der Waals surface area (Å²) in [5.74, 6) is 0. The first-order valence-electron chi connectivity index (χ1n) is 11.7. The Morgan fingerprint density at radius 3 is 1.56 bits per heavy atom. The zero-order chi connectivity index (χ0) is 25.3. The Kier molecular flexibility index (Phi) is 6.25. The molecule has 0 saturated heterocycles. The van der Waals surface area contributed by atoms with Gasteiger partial charge < -0.3 is 0 Å². The van der Waals surface area contributed by atoms with Crippen LogP contribution in [0.4, 0.5) is 0 Å². The van der Waals surface area contributed by atoms with Crippen molar-refractivity contribution in [1.82, 2.24) is 9.03 Å². The van der Waals surface area contributed by atoms with E-state index in [0.717, 1.165) is 21.6 Å².